The number of hydrogen-bond acceptors (Lipinski definition) is 7. The number of rotatable bonds is 5. The van der Waals surface area contributed by atoms with Crippen LogP contribution in [0.5, 0.6) is 0 Å². The van der Waals surface area contributed by atoms with Crippen LogP contribution in [0, 0.1) is 21.7 Å². The van der Waals surface area contributed by atoms with Crippen molar-refractivity contribution in [1.82, 2.24) is 15.0 Å². The van der Waals surface area contributed by atoms with E-state index in [9.17, 15) is 18.9 Å². The lowest BCUT2D eigenvalue weighted by atomic mass is 10.3. The predicted molar refractivity (Wildman–Crippen MR) is 75.6 cm³/mol. The highest BCUT2D eigenvalue weighted by molar-refractivity contribution is 5.73. The molecule has 0 saturated heterocycles. The van der Waals surface area contributed by atoms with Crippen LogP contribution in [0.3, 0.4) is 0 Å². The fraction of sp³-hybridized carbons (Fsp3) is 0.167. The van der Waals surface area contributed by atoms with Gasteiger partial charge in [-0.2, -0.15) is 0 Å². The van der Waals surface area contributed by atoms with Crippen LogP contribution in [0.4, 0.5) is 31.8 Å². The summed E-state index contributed by atoms with van der Waals surface area (Å²) < 4.78 is 26.5. The van der Waals surface area contributed by atoms with Gasteiger partial charge in [0, 0.05) is 20.2 Å². The largest absolute Gasteiger partial charge is 0.354 e. The molecule has 22 heavy (non-hydrogen) atoms. The Hall–Kier alpha value is -2.88. The van der Waals surface area contributed by atoms with E-state index in [1.54, 1.807) is 14.1 Å². The minimum absolute atomic E-state index is 0.0602. The average molecular weight is 310 g/mol. The second-order valence-corrected chi connectivity index (χ2v) is 4.43. The highest BCUT2D eigenvalue weighted by Gasteiger charge is 2.24. The Bertz CT molecular complexity index is 710. The average Bonchev–Trinajstić information content (AvgIpc) is 2.41. The van der Waals surface area contributed by atoms with Gasteiger partial charge < -0.3 is 5.32 Å². The third kappa shape index (κ3) is 3.41. The maximum absolute atomic E-state index is 13.6. The Morgan fingerprint density at radius 2 is 1.91 bits per heavy atom. The van der Waals surface area contributed by atoms with Gasteiger partial charge >= 0.3 is 5.69 Å². The lowest BCUT2D eigenvalue weighted by Gasteiger charge is -2.14. The van der Waals surface area contributed by atoms with E-state index < -0.39 is 22.2 Å². The van der Waals surface area contributed by atoms with Crippen LogP contribution in [-0.2, 0) is 0 Å². The molecule has 0 radical (unpaired) electrons. The number of nitrogens with one attached hydrogen (secondary N) is 2. The van der Waals surface area contributed by atoms with Crippen molar-refractivity contribution in [3.8, 4) is 0 Å². The van der Waals surface area contributed by atoms with Crippen LogP contribution >= 0.6 is 0 Å². The zero-order chi connectivity index (χ0) is 16.3. The van der Waals surface area contributed by atoms with Crippen molar-refractivity contribution in [2.45, 2.75) is 0 Å². The van der Waals surface area contributed by atoms with Gasteiger partial charge in [0.05, 0.1) is 10.6 Å². The van der Waals surface area contributed by atoms with E-state index in [0.29, 0.717) is 6.07 Å². The van der Waals surface area contributed by atoms with Gasteiger partial charge in [0.1, 0.15) is 18.0 Å². The van der Waals surface area contributed by atoms with E-state index in [1.807, 2.05) is 0 Å². The van der Waals surface area contributed by atoms with Crippen LogP contribution in [0.15, 0.2) is 24.5 Å². The minimum Gasteiger partial charge on any atom is -0.332 e. The molecular formula is C12H12F2N6O2. The second kappa shape index (κ2) is 6.26. The Morgan fingerprint density at radius 3 is 2.50 bits per heavy atom. The molecule has 0 aliphatic heterocycles. The van der Waals surface area contributed by atoms with E-state index in [0.717, 1.165) is 18.5 Å². The lowest BCUT2D eigenvalue weighted by molar-refractivity contribution is -0.383. The molecule has 0 aliphatic carbocycles. The third-order valence-electron chi connectivity index (χ3n) is 2.52. The van der Waals surface area contributed by atoms with Gasteiger partial charge in [-0.25, -0.2) is 23.8 Å². The molecule has 0 bridgehead atoms. The number of hydrazine groups is 1. The molecule has 0 aliphatic rings. The molecule has 0 amide bonds. The van der Waals surface area contributed by atoms with Crippen molar-refractivity contribution in [2.24, 2.45) is 0 Å². The summed E-state index contributed by atoms with van der Waals surface area (Å²) in [5.74, 6) is -1.92. The summed E-state index contributed by atoms with van der Waals surface area (Å²) in [6.45, 7) is 0. The standard InChI is InChI=1S/C12H12F2N6O2/c1-19(2)18-12-10(20(21)22)11(15-6-16-12)17-9-4-3-7(13)5-8(9)14/h3-6H,1-2H3,(H2,15,16,17,18). The predicted octanol–water partition coefficient (Wildman–Crippen LogP) is 2.30. The molecule has 0 unspecified atom stereocenters. The Kier molecular flexibility index (Phi) is 4.41. The smallest absolute Gasteiger partial charge is 0.332 e. The van der Waals surface area contributed by atoms with Crippen molar-refractivity contribution < 1.29 is 13.7 Å². The third-order valence-corrected chi connectivity index (χ3v) is 2.52. The quantitative estimate of drug-likeness (QED) is 0.646. The Morgan fingerprint density at radius 1 is 1.23 bits per heavy atom. The molecule has 1 heterocycles. The summed E-state index contributed by atoms with van der Waals surface area (Å²) in [4.78, 5) is 18.1. The topological polar surface area (TPSA) is 96.2 Å². The fourth-order valence-electron chi connectivity index (χ4n) is 1.66. The molecule has 0 saturated carbocycles. The van der Waals surface area contributed by atoms with Crippen LogP contribution in [-0.4, -0.2) is 34.0 Å². The van der Waals surface area contributed by atoms with E-state index in [2.05, 4.69) is 20.7 Å². The van der Waals surface area contributed by atoms with Crippen LogP contribution in [0.25, 0.3) is 0 Å². The summed E-state index contributed by atoms with van der Waals surface area (Å²) >= 11 is 0. The number of hydrogen-bond donors (Lipinski definition) is 2. The normalized spacial score (nSPS) is 10.6. The molecule has 1 aromatic heterocycles. The molecule has 2 aromatic rings. The van der Waals surface area contributed by atoms with Crippen LogP contribution < -0.4 is 10.7 Å². The van der Waals surface area contributed by atoms with Crippen LogP contribution in [0.1, 0.15) is 0 Å². The SMILES string of the molecule is CN(C)Nc1ncnc(Nc2ccc(F)cc2F)c1[N+](=O)[O-]. The van der Waals surface area contributed by atoms with Gasteiger partial charge in [0.25, 0.3) is 0 Å². The number of anilines is 3. The Balaban J connectivity index is 2.44. The molecule has 10 heteroatoms. The fourth-order valence-corrected chi connectivity index (χ4v) is 1.66. The number of nitro groups is 1. The zero-order valence-electron chi connectivity index (χ0n) is 11.7. The molecule has 8 nitrogen and oxygen atoms in total. The molecule has 1 aromatic carbocycles. The first-order chi connectivity index (χ1) is 10.4. The number of halogens is 2. The first-order valence-corrected chi connectivity index (χ1v) is 6.04. The lowest BCUT2D eigenvalue weighted by Crippen LogP contribution is -2.21. The van der Waals surface area contributed by atoms with Crippen molar-refractivity contribution in [1.29, 1.82) is 0 Å². The van der Waals surface area contributed by atoms with Gasteiger partial charge in [-0.1, -0.05) is 0 Å². The number of nitrogens with zero attached hydrogens (tertiary/aromatic N) is 4. The Labute approximate surface area is 123 Å². The van der Waals surface area contributed by atoms with E-state index in [1.165, 1.54) is 5.01 Å². The zero-order valence-corrected chi connectivity index (χ0v) is 11.7. The van der Waals surface area contributed by atoms with Gasteiger partial charge in [0.2, 0.25) is 11.6 Å². The molecular weight excluding hydrogens is 298 g/mol. The van der Waals surface area contributed by atoms with Crippen molar-refractivity contribution in [3.63, 3.8) is 0 Å². The number of benzene rings is 1. The highest BCUT2D eigenvalue weighted by atomic mass is 19.1. The first-order valence-electron chi connectivity index (χ1n) is 6.04. The summed E-state index contributed by atoms with van der Waals surface area (Å²) in [7, 11) is 3.25. The van der Waals surface area contributed by atoms with Crippen molar-refractivity contribution in [2.75, 3.05) is 24.8 Å². The van der Waals surface area contributed by atoms with E-state index in [4.69, 9.17) is 0 Å². The molecule has 0 spiro atoms. The summed E-state index contributed by atoms with van der Waals surface area (Å²) in [6, 6.07) is 2.81. The van der Waals surface area contributed by atoms with Gasteiger partial charge in [-0.05, 0) is 12.1 Å². The maximum Gasteiger partial charge on any atom is 0.354 e. The molecule has 116 valence electrons. The summed E-state index contributed by atoms with van der Waals surface area (Å²) in [5, 5.41) is 15.2. The molecule has 2 rings (SSSR count). The molecule has 0 fully saturated rings. The highest BCUT2D eigenvalue weighted by Crippen LogP contribution is 2.31. The van der Waals surface area contributed by atoms with Gasteiger partial charge in [-0.3, -0.25) is 15.5 Å². The minimum atomic E-state index is -0.893. The van der Waals surface area contributed by atoms with Crippen molar-refractivity contribution >= 4 is 23.0 Å². The maximum atomic E-state index is 13.6. The van der Waals surface area contributed by atoms with E-state index >= 15 is 0 Å². The van der Waals surface area contributed by atoms with Crippen LogP contribution in [0.2, 0.25) is 0 Å². The van der Waals surface area contributed by atoms with Crippen molar-refractivity contribution in [3.05, 3.63) is 46.3 Å². The monoisotopic (exact) mass is 310 g/mol. The summed E-state index contributed by atoms with van der Waals surface area (Å²) in [6.07, 6.45) is 1.09. The summed E-state index contributed by atoms with van der Waals surface area (Å²) in [5.41, 5.74) is 2.05. The van der Waals surface area contributed by atoms with Gasteiger partial charge in [0.15, 0.2) is 0 Å². The molecule has 0 atom stereocenters. The van der Waals surface area contributed by atoms with E-state index in [-0.39, 0.29) is 17.3 Å². The second-order valence-electron chi connectivity index (χ2n) is 4.43. The van der Waals surface area contributed by atoms with Gasteiger partial charge in [-0.15, -0.1) is 0 Å². The first kappa shape index (κ1) is 15.5. The number of aromatic nitrogens is 2. The molecule has 2 N–H and O–H groups in total.